The van der Waals surface area contributed by atoms with Crippen molar-refractivity contribution in [3.05, 3.63) is 34.4 Å². The average Bonchev–Trinajstić information content (AvgIpc) is 2.29. The Bertz CT molecular complexity index is 407. The molecule has 4 nitrogen and oxygen atoms in total. The molecule has 1 fully saturated rings. The van der Waals surface area contributed by atoms with Crippen molar-refractivity contribution < 1.29 is 4.92 Å². The summed E-state index contributed by atoms with van der Waals surface area (Å²) in [5.41, 5.74) is 1.28. The van der Waals surface area contributed by atoms with Crippen LogP contribution in [0.2, 0.25) is 25.2 Å². The molecule has 1 heterocycles. The van der Waals surface area contributed by atoms with Crippen LogP contribution in [0.25, 0.3) is 0 Å². The number of rotatable bonds is 2. The maximum Gasteiger partial charge on any atom is 0.269 e. The highest BCUT2D eigenvalue weighted by molar-refractivity contribution is 6.77. The zero-order chi connectivity index (χ0) is 12.5. The van der Waals surface area contributed by atoms with Crippen LogP contribution in [0.4, 0.5) is 11.4 Å². The number of nitrogens with zero attached hydrogens (tertiary/aromatic N) is 2. The maximum atomic E-state index is 10.6. The van der Waals surface area contributed by atoms with E-state index in [2.05, 4.69) is 18.0 Å². The van der Waals surface area contributed by atoms with E-state index in [-0.39, 0.29) is 10.6 Å². The van der Waals surface area contributed by atoms with Gasteiger partial charge in [-0.05, 0) is 24.2 Å². The summed E-state index contributed by atoms with van der Waals surface area (Å²) in [5, 5.41) is 10.6. The van der Waals surface area contributed by atoms with Crippen molar-refractivity contribution >= 4 is 19.4 Å². The highest BCUT2D eigenvalue weighted by Gasteiger charge is 2.27. The highest BCUT2D eigenvalue weighted by atomic mass is 28.3. The van der Waals surface area contributed by atoms with Gasteiger partial charge in [-0.2, -0.15) is 0 Å². The number of hydrogen-bond acceptors (Lipinski definition) is 3. The lowest BCUT2D eigenvalue weighted by Crippen LogP contribution is -2.42. The molecule has 0 atom stereocenters. The van der Waals surface area contributed by atoms with Crippen molar-refractivity contribution in [1.82, 2.24) is 0 Å². The van der Waals surface area contributed by atoms with Gasteiger partial charge in [0.25, 0.3) is 5.69 Å². The van der Waals surface area contributed by atoms with E-state index >= 15 is 0 Å². The van der Waals surface area contributed by atoms with Gasteiger partial charge in [-0.3, -0.25) is 10.1 Å². The van der Waals surface area contributed by atoms with Crippen LogP contribution in [0.15, 0.2) is 24.3 Å². The number of nitro groups is 1. The number of anilines is 1. The van der Waals surface area contributed by atoms with Gasteiger partial charge in [-0.15, -0.1) is 0 Å². The zero-order valence-corrected chi connectivity index (χ0v) is 11.3. The minimum absolute atomic E-state index is 0.167. The normalized spacial score (nSPS) is 19.1. The Morgan fingerprint density at radius 3 is 2.18 bits per heavy atom. The molecule has 5 heteroatoms. The molecule has 0 bridgehead atoms. The molecule has 0 aliphatic carbocycles. The zero-order valence-electron chi connectivity index (χ0n) is 10.3. The Morgan fingerprint density at radius 1 is 1.18 bits per heavy atom. The molecule has 2 rings (SSSR count). The summed E-state index contributed by atoms with van der Waals surface area (Å²) in [5.74, 6) is 0. The molecule has 1 saturated heterocycles. The predicted molar refractivity (Wildman–Crippen MR) is 72.4 cm³/mol. The third-order valence-electron chi connectivity index (χ3n) is 3.54. The van der Waals surface area contributed by atoms with Crippen LogP contribution >= 0.6 is 0 Å². The Labute approximate surface area is 102 Å². The maximum absolute atomic E-state index is 10.6. The average molecular weight is 250 g/mol. The van der Waals surface area contributed by atoms with Gasteiger partial charge in [0.1, 0.15) is 0 Å². The Kier molecular flexibility index (Phi) is 3.19. The van der Waals surface area contributed by atoms with E-state index in [0.717, 1.165) is 18.8 Å². The molecule has 0 saturated carbocycles. The van der Waals surface area contributed by atoms with Gasteiger partial charge in [0.15, 0.2) is 0 Å². The number of non-ortho nitro benzene ring substituents is 1. The minimum atomic E-state index is -0.944. The second kappa shape index (κ2) is 4.48. The number of benzene rings is 1. The molecule has 1 aromatic rings. The summed E-state index contributed by atoms with van der Waals surface area (Å²) in [6.07, 6.45) is 0. The van der Waals surface area contributed by atoms with Gasteiger partial charge in [0.2, 0.25) is 0 Å². The molecular formula is C12H18N2O2Si. The molecule has 17 heavy (non-hydrogen) atoms. The molecule has 0 radical (unpaired) electrons. The first-order valence-corrected chi connectivity index (χ1v) is 9.39. The highest BCUT2D eigenvalue weighted by Crippen LogP contribution is 2.27. The van der Waals surface area contributed by atoms with E-state index in [1.165, 1.54) is 12.1 Å². The monoisotopic (exact) mass is 250 g/mol. The topological polar surface area (TPSA) is 46.4 Å². The van der Waals surface area contributed by atoms with E-state index in [9.17, 15) is 10.1 Å². The SMILES string of the molecule is C[Si]1(C)CCN(c2ccc([N+](=O)[O-])cc2)CC1. The minimum Gasteiger partial charge on any atom is -0.372 e. The summed E-state index contributed by atoms with van der Waals surface area (Å²) in [4.78, 5) is 12.6. The van der Waals surface area contributed by atoms with Crippen LogP contribution < -0.4 is 4.90 Å². The molecule has 0 aromatic heterocycles. The number of hydrogen-bond donors (Lipinski definition) is 0. The van der Waals surface area contributed by atoms with Gasteiger partial charge in [0, 0.05) is 30.9 Å². The fourth-order valence-corrected chi connectivity index (χ4v) is 4.16. The standard InChI is InChI=1S/C12H18N2O2Si/c1-17(2)9-7-13(8-10-17)11-3-5-12(6-4-11)14(15)16/h3-6H,7-10H2,1-2H3. The lowest BCUT2D eigenvalue weighted by Gasteiger charge is -2.37. The van der Waals surface area contributed by atoms with Crippen molar-refractivity contribution in [3.63, 3.8) is 0 Å². The Balaban J connectivity index is 2.06. The lowest BCUT2D eigenvalue weighted by molar-refractivity contribution is -0.384. The van der Waals surface area contributed by atoms with Crippen molar-refractivity contribution in [2.75, 3.05) is 18.0 Å². The summed E-state index contributed by atoms with van der Waals surface area (Å²) in [6.45, 7) is 7.05. The molecule has 1 aliphatic rings. The van der Waals surface area contributed by atoms with Crippen molar-refractivity contribution in [2.45, 2.75) is 25.2 Å². The molecule has 1 aromatic carbocycles. The number of nitro benzene ring substituents is 1. The second-order valence-electron chi connectivity index (χ2n) is 5.42. The smallest absolute Gasteiger partial charge is 0.269 e. The molecule has 0 unspecified atom stereocenters. The van der Waals surface area contributed by atoms with Crippen LogP contribution in [-0.4, -0.2) is 26.1 Å². The summed E-state index contributed by atoms with van der Waals surface area (Å²) in [6, 6.07) is 9.52. The third kappa shape index (κ3) is 2.85. The van der Waals surface area contributed by atoms with Crippen LogP contribution in [-0.2, 0) is 0 Å². The largest absolute Gasteiger partial charge is 0.372 e. The molecule has 92 valence electrons. The lowest BCUT2D eigenvalue weighted by atomic mass is 10.2. The summed E-state index contributed by atoms with van der Waals surface area (Å²) in [7, 11) is -0.944. The Morgan fingerprint density at radius 2 is 1.71 bits per heavy atom. The molecule has 0 amide bonds. The fourth-order valence-electron chi connectivity index (χ4n) is 2.16. The van der Waals surface area contributed by atoms with Crippen LogP contribution in [0.1, 0.15) is 0 Å². The van der Waals surface area contributed by atoms with E-state index in [1.807, 2.05) is 12.1 Å². The first-order chi connectivity index (χ1) is 7.98. The molecule has 0 spiro atoms. The van der Waals surface area contributed by atoms with Crippen molar-refractivity contribution in [2.24, 2.45) is 0 Å². The van der Waals surface area contributed by atoms with E-state index < -0.39 is 8.07 Å². The molecular weight excluding hydrogens is 232 g/mol. The van der Waals surface area contributed by atoms with Gasteiger partial charge in [-0.25, -0.2) is 0 Å². The van der Waals surface area contributed by atoms with Gasteiger partial charge in [0.05, 0.1) is 13.0 Å². The van der Waals surface area contributed by atoms with Crippen molar-refractivity contribution in [3.8, 4) is 0 Å². The third-order valence-corrected chi connectivity index (χ3v) is 6.70. The molecule has 1 aliphatic heterocycles. The van der Waals surface area contributed by atoms with Crippen LogP contribution in [0.3, 0.4) is 0 Å². The van der Waals surface area contributed by atoms with Gasteiger partial charge >= 0.3 is 0 Å². The van der Waals surface area contributed by atoms with E-state index in [1.54, 1.807) is 12.1 Å². The van der Waals surface area contributed by atoms with Crippen molar-refractivity contribution in [1.29, 1.82) is 0 Å². The molecule has 0 N–H and O–H groups in total. The summed E-state index contributed by atoms with van der Waals surface area (Å²) >= 11 is 0. The summed E-state index contributed by atoms with van der Waals surface area (Å²) < 4.78 is 0. The van der Waals surface area contributed by atoms with Crippen LogP contribution in [0, 0.1) is 10.1 Å². The van der Waals surface area contributed by atoms with Gasteiger partial charge < -0.3 is 4.90 Å². The fraction of sp³-hybridized carbons (Fsp3) is 0.500. The quantitative estimate of drug-likeness (QED) is 0.460. The van der Waals surface area contributed by atoms with Crippen LogP contribution in [0.5, 0.6) is 0 Å². The van der Waals surface area contributed by atoms with E-state index in [0.29, 0.717) is 0 Å². The Hall–Kier alpha value is -1.36. The van der Waals surface area contributed by atoms with Gasteiger partial charge in [-0.1, -0.05) is 13.1 Å². The second-order valence-corrected chi connectivity index (χ2v) is 10.8. The van der Waals surface area contributed by atoms with E-state index in [4.69, 9.17) is 0 Å². The first kappa shape index (κ1) is 12.1. The first-order valence-electron chi connectivity index (χ1n) is 5.97. The predicted octanol–water partition coefficient (Wildman–Crippen LogP) is 3.12.